The molecule has 0 fully saturated rings. The van der Waals surface area contributed by atoms with Crippen molar-refractivity contribution in [2.24, 2.45) is 0 Å². The highest BCUT2D eigenvalue weighted by Gasteiger charge is 2.32. The standard InChI is InChI=1S/C26H24O4S/c1-26(2,30-24(27)18-11-19-9-14-21(29-3)15-10-19)25(28)20-12-16-23(17-13-20)31-22-7-5-4-6-8-22/h4-18H,1-3H3/b18-11+. The van der Waals surface area contributed by atoms with Crippen LogP contribution in [0.5, 0.6) is 5.75 Å². The van der Waals surface area contributed by atoms with Gasteiger partial charge < -0.3 is 9.47 Å². The summed E-state index contributed by atoms with van der Waals surface area (Å²) in [6, 6.07) is 24.6. The average Bonchev–Trinajstić information content (AvgIpc) is 2.78. The summed E-state index contributed by atoms with van der Waals surface area (Å²) in [4.78, 5) is 27.3. The van der Waals surface area contributed by atoms with Crippen molar-refractivity contribution in [3.8, 4) is 5.75 Å². The number of rotatable bonds is 8. The van der Waals surface area contributed by atoms with E-state index in [0.717, 1.165) is 21.1 Å². The molecule has 3 aromatic rings. The summed E-state index contributed by atoms with van der Waals surface area (Å²) < 4.78 is 10.6. The Morgan fingerprint density at radius 3 is 2.06 bits per heavy atom. The Labute approximate surface area is 186 Å². The van der Waals surface area contributed by atoms with Crippen molar-refractivity contribution >= 4 is 29.6 Å². The van der Waals surface area contributed by atoms with Crippen molar-refractivity contribution in [1.82, 2.24) is 0 Å². The molecule has 0 aromatic heterocycles. The molecule has 3 aromatic carbocycles. The van der Waals surface area contributed by atoms with Crippen LogP contribution in [0.1, 0.15) is 29.8 Å². The average molecular weight is 433 g/mol. The van der Waals surface area contributed by atoms with Crippen LogP contribution in [0.25, 0.3) is 6.08 Å². The summed E-state index contributed by atoms with van der Waals surface area (Å²) in [6.45, 7) is 3.20. The number of carbonyl (C=O) groups is 2. The number of methoxy groups -OCH3 is 1. The van der Waals surface area contributed by atoms with E-state index in [2.05, 4.69) is 0 Å². The summed E-state index contributed by atoms with van der Waals surface area (Å²) in [7, 11) is 1.59. The maximum absolute atomic E-state index is 12.9. The summed E-state index contributed by atoms with van der Waals surface area (Å²) in [5.41, 5.74) is 0.0397. The predicted octanol–water partition coefficient (Wildman–Crippen LogP) is 6.06. The van der Waals surface area contributed by atoms with Crippen molar-refractivity contribution in [1.29, 1.82) is 0 Å². The molecule has 0 atom stereocenters. The predicted molar refractivity (Wildman–Crippen MR) is 124 cm³/mol. The molecule has 0 unspecified atom stereocenters. The minimum atomic E-state index is -1.28. The number of esters is 1. The Hall–Kier alpha value is -3.31. The van der Waals surface area contributed by atoms with Crippen LogP contribution in [0.3, 0.4) is 0 Å². The van der Waals surface area contributed by atoms with E-state index in [4.69, 9.17) is 9.47 Å². The van der Waals surface area contributed by atoms with Gasteiger partial charge in [-0.25, -0.2) is 4.79 Å². The lowest BCUT2D eigenvalue weighted by atomic mass is 9.96. The van der Waals surface area contributed by atoms with Crippen LogP contribution in [-0.2, 0) is 9.53 Å². The van der Waals surface area contributed by atoms with E-state index in [9.17, 15) is 9.59 Å². The van der Waals surface area contributed by atoms with Gasteiger partial charge in [0.05, 0.1) is 7.11 Å². The van der Waals surface area contributed by atoms with Crippen LogP contribution in [0.2, 0.25) is 0 Å². The number of carbonyl (C=O) groups excluding carboxylic acids is 2. The second-order valence-electron chi connectivity index (χ2n) is 7.31. The Morgan fingerprint density at radius 2 is 1.45 bits per heavy atom. The number of Topliss-reactive ketones (excluding diaryl/α,β-unsaturated/α-hetero) is 1. The van der Waals surface area contributed by atoms with Crippen LogP contribution in [-0.4, -0.2) is 24.5 Å². The van der Waals surface area contributed by atoms with Gasteiger partial charge in [0.15, 0.2) is 5.60 Å². The van der Waals surface area contributed by atoms with Gasteiger partial charge in [0.1, 0.15) is 5.75 Å². The fourth-order valence-corrected chi connectivity index (χ4v) is 3.70. The molecule has 0 N–H and O–H groups in total. The molecule has 0 aliphatic rings. The van der Waals surface area contributed by atoms with E-state index < -0.39 is 11.6 Å². The van der Waals surface area contributed by atoms with Gasteiger partial charge in [-0.1, -0.05) is 54.2 Å². The molecule has 31 heavy (non-hydrogen) atoms. The van der Waals surface area contributed by atoms with Gasteiger partial charge in [-0.2, -0.15) is 0 Å². The zero-order valence-corrected chi connectivity index (χ0v) is 18.5. The third-order valence-electron chi connectivity index (χ3n) is 4.53. The third kappa shape index (κ3) is 6.33. The van der Waals surface area contributed by atoms with Crippen LogP contribution in [0.15, 0.2) is 94.7 Å². The Morgan fingerprint density at radius 1 is 0.839 bits per heavy atom. The van der Waals surface area contributed by atoms with Crippen LogP contribution < -0.4 is 4.74 Å². The molecule has 0 radical (unpaired) electrons. The smallest absolute Gasteiger partial charge is 0.331 e. The van der Waals surface area contributed by atoms with Gasteiger partial charge in [0, 0.05) is 21.4 Å². The molecule has 3 rings (SSSR count). The fraction of sp³-hybridized carbons (Fsp3) is 0.154. The van der Waals surface area contributed by atoms with Gasteiger partial charge >= 0.3 is 5.97 Å². The molecule has 5 heteroatoms. The van der Waals surface area contributed by atoms with E-state index in [1.807, 2.05) is 54.6 Å². The maximum atomic E-state index is 12.9. The molecule has 0 aliphatic heterocycles. The number of ether oxygens (including phenoxy) is 2. The normalized spacial score (nSPS) is 11.3. The van der Waals surface area contributed by atoms with Gasteiger partial charge in [0.25, 0.3) is 0 Å². The number of hydrogen-bond acceptors (Lipinski definition) is 5. The van der Waals surface area contributed by atoms with E-state index in [0.29, 0.717) is 5.56 Å². The topological polar surface area (TPSA) is 52.6 Å². The molecule has 0 bridgehead atoms. The number of hydrogen-bond donors (Lipinski definition) is 0. The molecular weight excluding hydrogens is 408 g/mol. The molecule has 0 saturated heterocycles. The second-order valence-corrected chi connectivity index (χ2v) is 8.45. The monoisotopic (exact) mass is 432 g/mol. The first kappa shape index (κ1) is 22.4. The Bertz CT molecular complexity index is 1050. The number of benzene rings is 3. The highest BCUT2D eigenvalue weighted by atomic mass is 32.2. The van der Waals surface area contributed by atoms with E-state index in [1.165, 1.54) is 6.08 Å². The van der Waals surface area contributed by atoms with Gasteiger partial charge in [0.2, 0.25) is 5.78 Å². The number of ketones is 1. The zero-order chi connectivity index (χ0) is 22.3. The van der Waals surface area contributed by atoms with E-state index in [1.54, 1.807) is 63.1 Å². The van der Waals surface area contributed by atoms with Crippen molar-refractivity contribution < 1.29 is 19.1 Å². The first-order chi connectivity index (χ1) is 14.9. The lowest BCUT2D eigenvalue weighted by molar-refractivity contribution is -0.146. The molecule has 0 spiro atoms. The van der Waals surface area contributed by atoms with Crippen molar-refractivity contribution in [3.05, 3.63) is 96.1 Å². The minimum absolute atomic E-state index is 0.255. The van der Waals surface area contributed by atoms with E-state index >= 15 is 0 Å². The highest BCUT2D eigenvalue weighted by molar-refractivity contribution is 7.99. The fourth-order valence-electron chi connectivity index (χ4n) is 2.86. The first-order valence-electron chi connectivity index (χ1n) is 9.80. The molecule has 4 nitrogen and oxygen atoms in total. The maximum Gasteiger partial charge on any atom is 0.331 e. The van der Waals surface area contributed by atoms with Crippen molar-refractivity contribution in [3.63, 3.8) is 0 Å². The molecule has 0 saturated carbocycles. The van der Waals surface area contributed by atoms with Crippen LogP contribution in [0.4, 0.5) is 0 Å². The second kappa shape index (κ2) is 10.1. The molecular formula is C26H24O4S. The first-order valence-corrected chi connectivity index (χ1v) is 10.6. The SMILES string of the molecule is COc1ccc(/C=C/C(=O)OC(C)(C)C(=O)c2ccc(Sc3ccccc3)cc2)cc1. The van der Waals surface area contributed by atoms with Gasteiger partial charge in [-0.3, -0.25) is 4.79 Å². The van der Waals surface area contributed by atoms with E-state index in [-0.39, 0.29) is 5.78 Å². The largest absolute Gasteiger partial charge is 0.497 e. The highest BCUT2D eigenvalue weighted by Crippen LogP contribution is 2.28. The molecule has 158 valence electrons. The summed E-state index contributed by atoms with van der Waals surface area (Å²) >= 11 is 1.62. The Kier molecular flexibility index (Phi) is 7.32. The quantitative estimate of drug-likeness (QED) is 0.246. The van der Waals surface area contributed by atoms with Gasteiger partial charge in [-0.05, 0) is 61.9 Å². The molecule has 0 amide bonds. The van der Waals surface area contributed by atoms with Crippen molar-refractivity contribution in [2.75, 3.05) is 7.11 Å². The molecule has 0 aliphatic carbocycles. The van der Waals surface area contributed by atoms with Crippen molar-refractivity contribution in [2.45, 2.75) is 29.2 Å². The van der Waals surface area contributed by atoms with Crippen LogP contribution >= 0.6 is 11.8 Å². The Balaban J connectivity index is 1.61. The summed E-state index contributed by atoms with van der Waals surface area (Å²) in [5, 5.41) is 0. The third-order valence-corrected chi connectivity index (χ3v) is 5.54. The zero-order valence-electron chi connectivity index (χ0n) is 17.7. The lowest BCUT2D eigenvalue weighted by Gasteiger charge is -2.23. The van der Waals surface area contributed by atoms with Gasteiger partial charge in [-0.15, -0.1) is 0 Å². The summed E-state index contributed by atoms with van der Waals surface area (Å²) in [5.74, 6) is -0.0972. The minimum Gasteiger partial charge on any atom is -0.497 e. The van der Waals surface area contributed by atoms with Crippen LogP contribution in [0, 0.1) is 0 Å². The summed E-state index contributed by atoms with van der Waals surface area (Å²) in [6.07, 6.45) is 2.95. The molecule has 0 heterocycles. The lowest BCUT2D eigenvalue weighted by Crippen LogP contribution is -2.36.